The first-order valence-electron chi connectivity index (χ1n) is 4.82. The quantitative estimate of drug-likeness (QED) is 0.856. The van der Waals surface area contributed by atoms with E-state index < -0.39 is 0 Å². The fourth-order valence-corrected chi connectivity index (χ4v) is 1.97. The summed E-state index contributed by atoms with van der Waals surface area (Å²) in [6.45, 7) is 1.00. The molecule has 0 heterocycles. The Labute approximate surface area is 87.7 Å². The van der Waals surface area contributed by atoms with Crippen LogP contribution < -0.4 is 5.32 Å². The molecule has 0 atom stereocenters. The highest BCUT2D eigenvalue weighted by Gasteiger charge is 2.15. The molecule has 0 bridgehead atoms. The van der Waals surface area contributed by atoms with Gasteiger partial charge in [0.1, 0.15) is 0 Å². The van der Waals surface area contributed by atoms with E-state index in [1.807, 2.05) is 0 Å². The molecule has 1 aliphatic carbocycles. The topological polar surface area (TPSA) is 12.0 Å². The first kappa shape index (κ1) is 9.22. The monoisotopic (exact) mass is 239 g/mol. The Morgan fingerprint density at radius 1 is 1.38 bits per heavy atom. The summed E-state index contributed by atoms with van der Waals surface area (Å²) >= 11 is 3.47. The van der Waals surface area contributed by atoms with Crippen LogP contribution in [0.2, 0.25) is 0 Å². The third kappa shape index (κ3) is 2.55. The van der Waals surface area contributed by atoms with Gasteiger partial charge in [0.2, 0.25) is 0 Å². The number of hydrogen-bond donors (Lipinski definition) is 1. The lowest BCUT2D eigenvalue weighted by Crippen LogP contribution is -2.34. The van der Waals surface area contributed by atoms with Crippen LogP contribution in [-0.4, -0.2) is 6.04 Å². The molecule has 0 unspecified atom stereocenters. The third-order valence-electron chi connectivity index (χ3n) is 2.59. The van der Waals surface area contributed by atoms with Crippen LogP contribution in [0, 0.1) is 0 Å². The van der Waals surface area contributed by atoms with Gasteiger partial charge in [0.25, 0.3) is 0 Å². The van der Waals surface area contributed by atoms with Gasteiger partial charge in [0, 0.05) is 17.1 Å². The van der Waals surface area contributed by atoms with Crippen molar-refractivity contribution in [3.05, 3.63) is 34.3 Å². The van der Waals surface area contributed by atoms with E-state index in [0.29, 0.717) is 0 Å². The first-order chi connectivity index (χ1) is 6.34. The van der Waals surface area contributed by atoms with Gasteiger partial charge < -0.3 is 5.32 Å². The number of halogens is 1. The summed E-state index contributed by atoms with van der Waals surface area (Å²) in [5.74, 6) is 0. The van der Waals surface area contributed by atoms with Crippen molar-refractivity contribution >= 4 is 15.9 Å². The second kappa shape index (κ2) is 4.25. The zero-order chi connectivity index (χ0) is 9.10. The number of benzene rings is 1. The van der Waals surface area contributed by atoms with Crippen molar-refractivity contribution in [1.82, 2.24) is 5.32 Å². The second-order valence-corrected chi connectivity index (χ2v) is 4.55. The van der Waals surface area contributed by atoms with E-state index in [9.17, 15) is 0 Å². The van der Waals surface area contributed by atoms with Crippen LogP contribution >= 0.6 is 15.9 Å². The average molecular weight is 240 g/mol. The molecule has 0 radical (unpaired) electrons. The molecule has 0 aliphatic heterocycles. The molecule has 70 valence electrons. The van der Waals surface area contributed by atoms with E-state index in [2.05, 4.69) is 45.5 Å². The summed E-state index contributed by atoms with van der Waals surface area (Å²) in [5, 5.41) is 3.54. The van der Waals surface area contributed by atoms with Crippen LogP contribution in [0.4, 0.5) is 0 Å². The van der Waals surface area contributed by atoms with Gasteiger partial charge in [-0.25, -0.2) is 0 Å². The zero-order valence-corrected chi connectivity index (χ0v) is 9.18. The van der Waals surface area contributed by atoms with Crippen molar-refractivity contribution in [3.63, 3.8) is 0 Å². The fraction of sp³-hybridized carbons (Fsp3) is 0.455. The highest BCUT2D eigenvalue weighted by atomic mass is 79.9. The van der Waals surface area contributed by atoms with Crippen LogP contribution in [0.15, 0.2) is 28.7 Å². The van der Waals surface area contributed by atoms with E-state index >= 15 is 0 Å². The molecule has 1 nitrogen and oxygen atoms in total. The Bertz CT molecular complexity index is 281. The van der Waals surface area contributed by atoms with E-state index in [1.54, 1.807) is 0 Å². The summed E-state index contributed by atoms with van der Waals surface area (Å²) in [7, 11) is 0. The Balaban J connectivity index is 1.86. The predicted octanol–water partition coefficient (Wildman–Crippen LogP) is 3.09. The Kier molecular flexibility index (Phi) is 3.01. The standard InChI is InChI=1S/C11H14BrN/c12-10-4-1-3-9(7-10)8-13-11-5-2-6-11/h1,3-4,7,11,13H,2,5-6,8H2. The lowest BCUT2D eigenvalue weighted by molar-refractivity contribution is 0.338. The Hall–Kier alpha value is -0.340. The van der Waals surface area contributed by atoms with Crippen molar-refractivity contribution in [1.29, 1.82) is 0 Å². The van der Waals surface area contributed by atoms with Gasteiger partial charge in [-0.05, 0) is 30.5 Å². The molecule has 13 heavy (non-hydrogen) atoms. The van der Waals surface area contributed by atoms with Crippen molar-refractivity contribution < 1.29 is 0 Å². The number of hydrogen-bond acceptors (Lipinski definition) is 1. The third-order valence-corrected chi connectivity index (χ3v) is 3.08. The zero-order valence-electron chi connectivity index (χ0n) is 7.59. The molecule has 2 heteroatoms. The molecular weight excluding hydrogens is 226 g/mol. The van der Waals surface area contributed by atoms with Crippen molar-refractivity contribution in [2.24, 2.45) is 0 Å². The van der Waals surface area contributed by atoms with E-state index in [0.717, 1.165) is 12.6 Å². The highest BCUT2D eigenvalue weighted by molar-refractivity contribution is 9.10. The molecular formula is C11H14BrN. The molecule has 1 fully saturated rings. The van der Waals surface area contributed by atoms with Gasteiger partial charge in [-0.15, -0.1) is 0 Å². The molecule has 0 spiro atoms. The first-order valence-corrected chi connectivity index (χ1v) is 5.62. The van der Waals surface area contributed by atoms with Crippen LogP contribution in [-0.2, 0) is 6.54 Å². The molecule has 1 N–H and O–H groups in total. The maximum atomic E-state index is 3.54. The molecule has 0 aromatic heterocycles. The maximum absolute atomic E-state index is 3.54. The van der Waals surface area contributed by atoms with Gasteiger partial charge in [0.05, 0.1) is 0 Å². The predicted molar refractivity (Wildman–Crippen MR) is 58.6 cm³/mol. The summed E-state index contributed by atoms with van der Waals surface area (Å²) in [6.07, 6.45) is 4.11. The Morgan fingerprint density at radius 3 is 2.85 bits per heavy atom. The van der Waals surface area contributed by atoms with Crippen molar-refractivity contribution in [3.8, 4) is 0 Å². The fourth-order valence-electron chi connectivity index (χ4n) is 1.52. The SMILES string of the molecule is Brc1cccc(CNC2CCC2)c1. The second-order valence-electron chi connectivity index (χ2n) is 3.64. The molecule has 1 saturated carbocycles. The summed E-state index contributed by atoms with van der Waals surface area (Å²) in [5.41, 5.74) is 1.36. The number of nitrogens with one attached hydrogen (secondary N) is 1. The summed E-state index contributed by atoms with van der Waals surface area (Å²) in [6, 6.07) is 9.26. The Morgan fingerprint density at radius 2 is 2.23 bits per heavy atom. The largest absolute Gasteiger partial charge is 0.310 e. The van der Waals surface area contributed by atoms with E-state index in [4.69, 9.17) is 0 Å². The summed E-state index contributed by atoms with van der Waals surface area (Å²) < 4.78 is 1.17. The van der Waals surface area contributed by atoms with Crippen LogP contribution in [0.5, 0.6) is 0 Å². The van der Waals surface area contributed by atoms with Gasteiger partial charge in [-0.1, -0.05) is 34.5 Å². The molecule has 1 aromatic carbocycles. The molecule has 0 saturated heterocycles. The normalized spacial score (nSPS) is 17.0. The van der Waals surface area contributed by atoms with E-state index in [-0.39, 0.29) is 0 Å². The van der Waals surface area contributed by atoms with Crippen LogP contribution in [0.1, 0.15) is 24.8 Å². The lowest BCUT2D eigenvalue weighted by atomic mass is 9.93. The van der Waals surface area contributed by atoms with Crippen molar-refractivity contribution in [2.75, 3.05) is 0 Å². The minimum absolute atomic E-state index is 0.777. The van der Waals surface area contributed by atoms with Gasteiger partial charge in [-0.3, -0.25) is 0 Å². The average Bonchev–Trinajstić information content (AvgIpc) is 2.01. The molecule has 2 rings (SSSR count). The van der Waals surface area contributed by atoms with Gasteiger partial charge >= 0.3 is 0 Å². The van der Waals surface area contributed by atoms with Crippen LogP contribution in [0.25, 0.3) is 0 Å². The number of rotatable bonds is 3. The van der Waals surface area contributed by atoms with Crippen molar-refractivity contribution in [2.45, 2.75) is 31.8 Å². The van der Waals surface area contributed by atoms with E-state index in [1.165, 1.54) is 29.3 Å². The maximum Gasteiger partial charge on any atom is 0.0208 e. The minimum Gasteiger partial charge on any atom is -0.310 e. The van der Waals surface area contributed by atoms with Crippen LogP contribution in [0.3, 0.4) is 0 Å². The molecule has 1 aromatic rings. The highest BCUT2D eigenvalue weighted by Crippen LogP contribution is 2.19. The minimum atomic E-state index is 0.777. The van der Waals surface area contributed by atoms with Gasteiger partial charge in [0.15, 0.2) is 0 Å². The summed E-state index contributed by atoms with van der Waals surface area (Å²) in [4.78, 5) is 0. The molecule has 0 amide bonds. The molecule has 1 aliphatic rings. The lowest BCUT2D eigenvalue weighted by Gasteiger charge is -2.26. The van der Waals surface area contributed by atoms with Gasteiger partial charge in [-0.2, -0.15) is 0 Å². The smallest absolute Gasteiger partial charge is 0.0208 e.